The number of halogens is 1. The first kappa shape index (κ1) is 18.2. The fraction of sp³-hybridized carbons (Fsp3) is 0.263. The summed E-state index contributed by atoms with van der Waals surface area (Å²) >= 11 is 6.33. The van der Waals surface area contributed by atoms with Crippen LogP contribution >= 0.6 is 11.6 Å². The van der Waals surface area contributed by atoms with E-state index in [-0.39, 0.29) is 28.6 Å². The van der Waals surface area contributed by atoms with Gasteiger partial charge in [0.25, 0.3) is 5.56 Å². The third-order valence-electron chi connectivity index (χ3n) is 4.82. The third-order valence-corrected chi connectivity index (χ3v) is 5.15. The van der Waals surface area contributed by atoms with Crippen LogP contribution in [0, 0.1) is 10.1 Å². The van der Waals surface area contributed by atoms with Crippen molar-refractivity contribution in [2.75, 3.05) is 19.0 Å². The van der Waals surface area contributed by atoms with Gasteiger partial charge in [0.15, 0.2) is 5.82 Å². The van der Waals surface area contributed by atoms with Crippen LogP contribution in [-0.2, 0) is 13.0 Å². The highest BCUT2D eigenvalue weighted by atomic mass is 35.5. The molecule has 2 aromatic heterocycles. The molecule has 1 aromatic carbocycles. The summed E-state index contributed by atoms with van der Waals surface area (Å²) in [6.07, 6.45) is 0.879. The molecule has 3 aromatic rings. The molecule has 0 fully saturated rings. The fourth-order valence-corrected chi connectivity index (χ4v) is 3.66. The standard InChI is InChI=1S/C19H17ClN4O4/c1-28-14-3-4-15-11(9-14)7-12(17(20)22-15)8-13-10-16(24(26)27)18-21-5-2-6-23(18)19(13)25/h3-4,7,9-10,21H,2,5-6,8H2,1H3. The minimum atomic E-state index is -0.474. The highest BCUT2D eigenvalue weighted by molar-refractivity contribution is 6.30. The quantitative estimate of drug-likeness (QED) is 0.409. The zero-order valence-electron chi connectivity index (χ0n) is 15.1. The van der Waals surface area contributed by atoms with E-state index in [0.29, 0.717) is 35.5 Å². The second-order valence-electron chi connectivity index (χ2n) is 6.57. The van der Waals surface area contributed by atoms with Crippen molar-refractivity contribution in [2.24, 2.45) is 0 Å². The lowest BCUT2D eigenvalue weighted by atomic mass is 10.0. The zero-order valence-corrected chi connectivity index (χ0v) is 15.8. The molecule has 4 rings (SSSR count). The molecule has 0 bridgehead atoms. The van der Waals surface area contributed by atoms with E-state index in [1.165, 1.54) is 10.6 Å². The molecule has 0 aliphatic carbocycles. The molecule has 0 saturated carbocycles. The van der Waals surface area contributed by atoms with E-state index in [0.717, 1.165) is 11.8 Å². The van der Waals surface area contributed by atoms with Crippen LogP contribution in [0.1, 0.15) is 17.5 Å². The minimum Gasteiger partial charge on any atom is -0.497 e. The summed E-state index contributed by atoms with van der Waals surface area (Å²) in [5, 5.41) is 15.5. The Bertz CT molecular complexity index is 1160. The van der Waals surface area contributed by atoms with Gasteiger partial charge in [0, 0.05) is 36.5 Å². The Morgan fingerprint density at radius 3 is 2.89 bits per heavy atom. The number of fused-ring (bicyclic) bond motifs is 2. The van der Waals surface area contributed by atoms with Gasteiger partial charge in [-0.1, -0.05) is 11.6 Å². The summed E-state index contributed by atoms with van der Waals surface area (Å²) in [7, 11) is 1.58. The number of pyridine rings is 2. The molecule has 0 radical (unpaired) electrons. The molecule has 1 aliphatic heterocycles. The highest BCUT2D eigenvalue weighted by Crippen LogP contribution is 2.29. The molecular weight excluding hydrogens is 384 g/mol. The molecule has 28 heavy (non-hydrogen) atoms. The van der Waals surface area contributed by atoms with E-state index in [1.54, 1.807) is 19.2 Å². The molecule has 0 unspecified atom stereocenters. The number of aromatic nitrogens is 2. The van der Waals surface area contributed by atoms with Crippen molar-refractivity contribution in [1.29, 1.82) is 0 Å². The lowest BCUT2D eigenvalue weighted by Crippen LogP contribution is -2.32. The summed E-state index contributed by atoms with van der Waals surface area (Å²) in [6.45, 7) is 1.04. The largest absolute Gasteiger partial charge is 0.497 e. The maximum atomic E-state index is 12.9. The van der Waals surface area contributed by atoms with Crippen molar-refractivity contribution >= 4 is 34.0 Å². The number of nitrogens with one attached hydrogen (secondary N) is 1. The van der Waals surface area contributed by atoms with Crippen molar-refractivity contribution < 1.29 is 9.66 Å². The van der Waals surface area contributed by atoms with Crippen LogP contribution in [0.3, 0.4) is 0 Å². The number of ether oxygens (including phenoxy) is 1. The molecule has 0 atom stereocenters. The zero-order chi connectivity index (χ0) is 19.8. The molecule has 3 heterocycles. The first-order valence-corrected chi connectivity index (χ1v) is 9.14. The molecule has 144 valence electrons. The van der Waals surface area contributed by atoms with E-state index in [1.807, 2.05) is 12.1 Å². The number of nitro groups is 1. The van der Waals surface area contributed by atoms with E-state index < -0.39 is 4.92 Å². The van der Waals surface area contributed by atoms with Crippen molar-refractivity contribution in [2.45, 2.75) is 19.4 Å². The molecule has 1 aliphatic rings. The normalized spacial score (nSPS) is 13.1. The minimum absolute atomic E-state index is 0.110. The van der Waals surface area contributed by atoms with E-state index in [4.69, 9.17) is 16.3 Å². The van der Waals surface area contributed by atoms with Gasteiger partial charge in [-0.25, -0.2) is 4.98 Å². The maximum Gasteiger partial charge on any atom is 0.310 e. The summed E-state index contributed by atoms with van der Waals surface area (Å²) in [6, 6.07) is 8.58. The van der Waals surface area contributed by atoms with Gasteiger partial charge in [0.1, 0.15) is 10.9 Å². The number of anilines is 1. The average Bonchev–Trinajstić information content (AvgIpc) is 2.70. The van der Waals surface area contributed by atoms with Crippen molar-refractivity contribution in [3.05, 3.63) is 67.1 Å². The molecule has 9 heteroatoms. The Morgan fingerprint density at radius 2 is 2.14 bits per heavy atom. The SMILES string of the molecule is COc1ccc2nc(Cl)c(Cc3cc([N+](=O)[O-])c4n(c3=O)CCCN4)cc2c1. The molecule has 0 amide bonds. The molecule has 1 N–H and O–H groups in total. The third kappa shape index (κ3) is 3.16. The van der Waals surface area contributed by atoms with Gasteiger partial charge in [-0.3, -0.25) is 19.5 Å². The first-order valence-electron chi connectivity index (χ1n) is 8.76. The van der Waals surface area contributed by atoms with Gasteiger partial charge >= 0.3 is 5.69 Å². The van der Waals surface area contributed by atoms with Crippen LogP contribution in [-0.4, -0.2) is 28.1 Å². The summed E-state index contributed by atoms with van der Waals surface area (Å²) in [5.74, 6) is 0.940. The smallest absolute Gasteiger partial charge is 0.310 e. The molecule has 0 saturated heterocycles. The first-order chi connectivity index (χ1) is 13.5. The second-order valence-corrected chi connectivity index (χ2v) is 6.93. The lowest BCUT2D eigenvalue weighted by Gasteiger charge is -2.20. The fourth-order valence-electron chi connectivity index (χ4n) is 3.45. The maximum absolute atomic E-state index is 12.9. The Balaban J connectivity index is 1.82. The van der Waals surface area contributed by atoms with Gasteiger partial charge in [-0.2, -0.15) is 0 Å². The monoisotopic (exact) mass is 400 g/mol. The van der Waals surface area contributed by atoms with Gasteiger partial charge in [0.2, 0.25) is 0 Å². The van der Waals surface area contributed by atoms with Crippen LogP contribution in [0.15, 0.2) is 35.1 Å². The predicted octanol–water partition coefficient (Wildman–Crippen LogP) is 3.37. The number of rotatable bonds is 4. The Labute approximate surface area is 164 Å². The van der Waals surface area contributed by atoms with Gasteiger partial charge < -0.3 is 10.1 Å². The van der Waals surface area contributed by atoms with Crippen LogP contribution in [0.5, 0.6) is 5.75 Å². The summed E-state index contributed by atoms with van der Waals surface area (Å²) < 4.78 is 6.67. The summed E-state index contributed by atoms with van der Waals surface area (Å²) in [4.78, 5) is 28.3. The Kier molecular flexibility index (Phi) is 4.64. The van der Waals surface area contributed by atoms with Crippen molar-refractivity contribution in [3.63, 3.8) is 0 Å². The van der Waals surface area contributed by atoms with Crippen LogP contribution < -0.4 is 15.6 Å². The number of methoxy groups -OCH3 is 1. The van der Waals surface area contributed by atoms with Gasteiger partial charge in [-0.15, -0.1) is 0 Å². The Hall–Kier alpha value is -3.13. The van der Waals surface area contributed by atoms with Gasteiger partial charge in [0.05, 0.1) is 17.5 Å². The average molecular weight is 401 g/mol. The van der Waals surface area contributed by atoms with E-state index in [2.05, 4.69) is 10.3 Å². The van der Waals surface area contributed by atoms with E-state index >= 15 is 0 Å². The van der Waals surface area contributed by atoms with Crippen molar-refractivity contribution in [1.82, 2.24) is 9.55 Å². The summed E-state index contributed by atoms with van der Waals surface area (Å²) in [5.41, 5.74) is 1.27. The second kappa shape index (κ2) is 7.12. The highest BCUT2D eigenvalue weighted by Gasteiger charge is 2.25. The number of hydrogen-bond donors (Lipinski definition) is 1. The van der Waals surface area contributed by atoms with E-state index in [9.17, 15) is 14.9 Å². The van der Waals surface area contributed by atoms with Crippen LogP contribution in [0.25, 0.3) is 10.9 Å². The molecule has 0 spiro atoms. The molecule has 8 nitrogen and oxygen atoms in total. The van der Waals surface area contributed by atoms with Crippen molar-refractivity contribution in [3.8, 4) is 5.75 Å². The Morgan fingerprint density at radius 1 is 1.32 bits per heavy atom. The number of benzene rings is 1. The lowest BCUT2D eigenvalue weighted by molar-refractivity contribution is -0.384. The number of nitrogens with zero attached hydrogens (tertiary/aromatic N) is 3. The topological polar surface area (TPSA) is 99.3 Å². The van der Waals surface area contributed by atoms with Crippen LogP contribution in [0.2, 0.25) is 5.15 Å². The van der Waals surface area contributed by atoms with Crippen LogP contribution in [0.4, 0.5) is 11.5 Å². The number of hydrogen-bond acceptors (Lipinski definition) is 6. The predicted molar refractivity (Wildman–Crippen MR) is 107 cm³/mol. The molecular formula is C19H17ClN4O4. The van der Waals surface area contributed by atoms with Gasteiger partial charge in [-0.05, 0) is 36.2 Å².